The van der Waals surface area contributed by atoms with Gasteiger partial charge in [-0.15, -0.1) is 10.2 Å². The van der Waals surface area contributed by atoms with E-state index in [0.29, 0.717) is 22.4 Å². The molecule has 0 radical (unpaired) electrons. The first kappa shape index (κ1) is 20.0. The minimum absolute atomic E-state index is 0.0999. The number of aromatic nitrogens is 3. The minimum Gasteiger partial charge on any atom is -0.487 e. The van der Waals surface area contributed by atoms with Crippen LogP contribution in [0.25, 0.3) is 16.7 Å². The Bertz CT molecular complexity index is 1290. The Labute approximate surface area is 175 Å². The number of hydrogen-bond donors (Lipinski definition) is 1. The van der Waals surface area contributed by atoms with Crippen molar-refractivity contribution < 1.29 is 18.8 Å². The number of benzene rings is 3. The normalized spacial score (nSPS) is 10.8. The van der Waals surface area contributed by atoms with Gasteiger partial charge in [0.05, 0.1) is 17.2 Å². The largest absolute Gasteiger partial charge is 0.487 e. The number of nitrogens with zero attached hydrogens (tertiary/aromatic N) is 4. The molecular weight excluding hydrogens is 405 g/mol. The Kier molecular flexibility index (Phi) is 5.27. The van der Waals surface area contributed by atoms with Crippen molar-refractivity contribution in [3.05, 3.63) is 82.2 Å². The van der Waals surface area contributed by atoms with E-state index in [1.54, 1.807) is 37.3 Å². The Balaban J connectivity index is 1.58. The van der Waals surface area contributed by atoms with Crippen LogP contribution in [0.3, 0.4) is 0 Å². The van der Waals surface area contributed by atoms with E-state index in [0.717, 1.165) is 0 Å². The second kappa shape index (κ2) is 8.19. The number of nitro benzene ring substituents is 1. The van der Waals surface area contributed by atoms with E-state index < -0.39 is 10.8 Å². The number of carbonyl (C=O) groups is 1. The first-order valence-electron chi connectivity index (χ1n) is 9.30. The maximum Gasteiger partial charge on any atom is 0.311 e. The summed E-state index contributed by atoms with van der Waals surface area (Å²) in [6.07, 6.45) is 0. The Morgan fingerprint density at radius 2 is 1.84 bits per heavy atom. The molecule has 0 unspecified atom stereocenters. The summed E-state index contributed by atoms with van der Waals surface area (Å²) in [4.78, 5) is 24.6. The van der Waals surface area contributed by atoms with Gasteiger partial charge >= 0.3 is 5.69 Å². The van der Waals surface area contributed by atoms with E-state index in [2.05, 4.69) is 15.5 Å². The predicted molar refractivity (Wildman–Crippen MR) is 111 cm³/mol. The SMILES string of the molecule is CCOc1ccc(C(=O)Nc2ccc3nn(-c4ccc(F)cc4)nc3c2)cc1[N+](=O)[O-]. The summed E-state index contributed by atoms with van der Waals surface area (Å²) in [5.74, 6) is -0.778. The van der Waals surface area contributed by atoms with Crippen LogP contribution < -0.4 is 10.1 Å². The highest BCUT2D eigenvalue weighted by Gasteiger charge is 2.19. The number of hydrogen-bond acceptors (Lipinski definition) is 6. The molecule has 9 nitrogen and oxygen atoms in total. The van der Waals surface area contributed by atoms with E-state index in [-0.39, 0.29) is 29.4 Å². The molecule has 1 amide bonds. The van der Waals surface area contributed by atoms with Gasteiger partial charge in [0.25, 0.3) is 5.91 Å². The van der Waals surface area contributed by atoms with Crippen LogP contribution in [0.2, 0.25) is 0 Å². The number of nitrogens with one attached hydrogen (secondary N) is 1. The van der Waals surface area contributed by atoms with Gasteiger partial charge in [0.15, 0.2) is 5.75 Å². The summed E-state index contributed by atoms with van der Waals surface area (Å²) < 4.78 is 18.3. The molecule has 0 spiro atoms. The molecule has 0 fully saturated rings. The summed E-state index contributed by atoms with van der Waals surface area (Å²) in [7, 11) is 0. The van der Waals surface area contributed by atoms with E-state index >= 15 is 0 Å². The molecule has 0 bridgehead atoms. The van der Waals surface area contributed by atoms with Crippen molar-refractivity contribution >= 4 is 28.3 Å². The molecule has 1 aromatic heterocycles. The molecular formula is C21H16FN5O4. The molecule has 0 aliphatic carbocycles. The molecule has 1 N–H and O–H groups in total. The molecule has 31 heavy (non-hydrogen) atoms. The van der Waals surface area contributed by atoms with Crippen LogP contribution in [0, 0.1) is 15.9 Å². The van der Waals surface area contributed by atoms with Crippen LogP contribution in [0.4, 0.5) is 15.8 Å². The lowest BCUT2D eigenvalue weighted by Gasteiger charge is -2.07. The van der Waals surface area contributed by atoms with Crippen molar-refractivity contribution in [3.63, 3.8) is 0 Å². The lowest BCUT2D eigenvalue weighted by molar-refractivity contribution is -0.385. The third-order valence-corrected chi connectivity index (χ3v) is 4.41. The molecule has 1 heterocycles. The van der Waals surface area contributed by atoms with Gasteiger partial charge in [0, 0.05) is 17.3 Å². The maximum atomic E-state index is 13.1. The van der Waals surface area contributed by atoms with Gasteiger partial charge in [-0.3, -0.25) is 14.9 Å². The first-order chi connectivity index (χ1) is 14.9. The van der Waals surface area contributed by atoms with Crippen LogP contribution in [0.15, 0.2) is 60.7 Å². The van der Waals surface area contributed by atoms with Crippen molar-refractivity contribution in [2.24, 2.45) is 0 Å². The third kappa shape index (κ3) is 4.17. The second-order valence-corrected chi connectivity index (χ2v) is 6.50. The molecule has 0 aliphatic heterocycles. The van der Waals surface area contributed by atoms with E-state index in [4.69, 9.17) is 4.74 Å². The molecule has 4 rings (SSSR count). The quantitative estimate of drug-likeness (QED) is 0.370. The maximum absolute atomic E-state index is 13.1. The van der Waals surface area contributed by atoms with Gasteiger partial charge < -0.3 is 10.1 Å². The van der Waals surface area contributed by atoms with Crippen LogP contribution >= 0.6 is 0 Å². The summed E-state index contributed by atoms with van der Waals surface area (Å²) in [6, 6.07) is 14.7. The molecule has 0 saturated heterocycles. The van der Waals surface area contributed by atoms with Gasteiger partial charge in [0.1, 0.15) is 16.9 Å². The smallest absolute Gasteiger partial charge is 0.311 e. The van der Waals surface area contributed by atoms with Crippen molar-refractivity contribution in [2.75, 3.05) is 11.9 Å². The van der Waals surface area contributed by atoms with E-state index in [1.807, 2.05) is 0 Å². The fourth-order valence-electron chi connectivity index (χ4n) is 2.96. The highest BCUT2D eigenvalue weighted by molar-refractivity contribution is 6.05. The van der Waals surface area contributed by atoms with Crippen molar-refractivity contribution in [1.29, 1.82) is 0 Å². The van der Waals surface area contributed by atoms with Crippen molar-refractivity contribution in [3.8, 4) is 11.4 Å². The highest BCUT2D eigenvalue weighted by Crippen LogP contribution is 2.28. The van der Waals surface area contributed by atoms with Crippen LogP contribution in [-0.4, -0.2) is 32.4 Å². The molecule has 0 saturated carbocycles. The summed E-state index contributed by atoms with van der Waals surface area (Å²) in [5.41, 5.74) is 1.96. The summed E-state index contributed by atoms with van der Waals surface area (Å²) >= 11 is 0. The van der Waals surface area contributed by atoms with Gasteiger partial charge in [0.2, 0.25) is 0 Å². The van der Waals surface area contributed by atoms with Crippen molar-refractivity contribution in [2.45, 2.75) is 6.92 Å². The van der Waals surface area contributed by atoms with Crippen molar-refractivity contribution in [1.82, 2.24) is 15.0 Å². The van der Waals surface area contributed by atoms with E-state index in [9.17, 15) is 19.3 Å². The van der Waals surface area contributed by atoms with Gasteiger partial charge in [-0.05, 0) is 61.5 Å². The number of halogens is 1. The Morgan fingerprint density at radius 3 is 2.55 bits per heavy atom. The van der Waals surface area contributed by atoms with Gasteiger partial charge in [-0.25, -0.2) is 4.39 Å². The molecule has 3 aromatic carbocycles. The zero-order valence-electron chi connectivity index (χ0n) is 16.3. The molecule has 156 valence electrons. The van der Waals surface area contributed by atoms with Crippen LogP contribution in [-0.2, 0) is 0 Å². The fourth-order valence-corrected chi connectivity index (χ4v) is 2.96. The first-order valence-corrected chi connectivity index (χ1v) is 9.30. The topological polar surface area (TPSA) is 112 Å². The van der Waals surface area contributed by atoms with Gasteiger partial charge in [-0.2, -0.15) is 4.80 Å². The number of rotatable bonds is 6. The number of anilines is 1. The predicted octanol–water partition coefficient (Wildman–Crippen LogP) is 4.12. The molecule has 0 aliphatic rings. The zero-order valence-corrected chi connectivity index (χ0v) is 16.3. The van der Waals surface area contributed by atoms with Crippen LogP contribution in [0.5, 0.6) is 5.75 Å². The lowest BCUT2D eigenvalue weighted by atomic mass is 10.1. The average molecular weight is 421 g/mol. The van der Waals surface area contributed by atoms with Gasteiger partial charge in [-0.1, -0.05) is 0 Å². The van der Waals surface area contributed by atoms with Crippen LogP contribution in [0.1, 0.15) is 17.3 Å². The fraction of sp³-hybridized carbons (Fsp3) is 0.0952. The second-order valence-electron chi connectivity index (χ2n) is 6.50. The van der Waals surface area contributed by atoms with E-state index in [1.165, 1.54) is 35.1 Å². The summed E-state index contributed by atoms with van der Waals surface area (Å²) in [6.45, 7) is 1.98. The zero-order chi connectivity index (χ0) is 22.0. The highest BCUT2D eigenvalue weighted by atomic mass is 19.1. The monoisotopic (exact) mass is 421 g/mol. The number of fused-ring (bicyclic) bond motifs is 1. The number of ether oxygens (including phenoxy) is 1. The molecule has 4 aromatic rings. The minimum atomic E-state index is -0.596. The average Bonchev–Trinajstić information content (AvgIpc) is 3.18. The summed E-state index contributed by atoms with van der Waals surface area (Å²) in [5, 5.41) is 22.6. The number of amides is 1. The number of nitro groups is 1. The third-order valence-electron chi connectivity index (χ3n) is 4.41. The lowest BCUT2D eigenvalue weighted by Crippen LogP contribution is -2.12. The standard InChI is InChI=1S/C21H16FN5O4/c1-2-31-20-10-3-13(11-19(20)27(29)30)21(28)23-15-6-9-17-18(12-15)25-26(24-17)16-7-4-14(22)5-8-16/h3-12H,2H2,1H3,(H,23,28). The Hall–Kier alpha value is -4.34. The Morgan fingerprint density at radius 1 is 1.10 bits per heavy atom. The molecule has 0 atom stereocenters. The molecule has 10 heteroatoms. The number of carbonyl (C=O) groups excluding carboxylic acids is 1.